The summed E-state index contributed by atoms with van der Waals surface area (Å²) in [6, 6.07) is 10.8. The van der Waals surface area contributed by atoms with E-state index in [0.29, 0.717) is 44.6 Å². The van der Waals surface area contributed by atoms with Gasteiger partial charge in [0, 0.05) is 72.6 Å². The Morgan fingerprint density at radius 3 is 2.53 bits per heavy atom. The minimum absolute atomic E-state index is 0.0249. The molecule has 2 aliphatic heterocycles. The van der Waals surface area contributed by atoms with Crippen LogP contribution >= 0.6 is 0 Å². The number of hydrogen-bond donors (Lipinski definition) is 2. The minimum Gasteiger partial charge on any atom is -0.385 e. The normalized spacial score (nSPS) is 22.4. The van der Waals surface area contributed by atoms with Gasteiger partial charge in [-0.05, 0) is 43.1 Å². The Morgan fingerprint density at radius 2 is 1.76 bits per heavy atom. The van der Waals surface area contributed by atoms with E-state index >= 15 is 0 Å². The maximum atomic E-state index is 13.1. The van der Waals surface area contributed by atoms with Crippen LogP contribution in [0.2, 0.25) is 0 Å². The van der Waals surface area contributed by atoms with Crippen molar-refractivity contribution in [3.63, 3.8) is 0 Å². The van der Waals surface area contributed by atoms with E-state index < -0.39 is 0 Å². The number of urea groups is 1. The molecule has 3 amide bonds. The van der Waals surface area contributed by atoms with Gasteiger partial charge in [-0.1, -0.05) is 30.3 Å². The van der Waals surface area contributed by atoms with Gasteiger partial charge in [0.15, 0.2) is 0 Å². The number of carbonyl (C=O) groups excluding carboxylic acids is 2. The number of amides is 3. The van der Waals surface area contributed by atoms with Crippen LogP contribution in [0.5, 0.6) is 0 Å². The van der Waals surface area contributed by atoms with Crippen LogP contribution in [0.15, 0.2) is 30.3 Å². The Bertz CT molecular complexity index is 748. The van der Waals surface area contributed by atoms with Crippen LogP contribution in [0, 0.1) is 11.8 Å². The van der Waals surface area contributed by atoms with Crippen molar-refractivity contribution in [2.75, 3.05) is 60.2 Å². The van der Waals surface area contributed by atoms with Crippen molar-refractivity contribution >= 4 is 11.9 Å². The Labute approximate surface area is 204 Å². The number of piperidine rings is 2. The van der Waals surface area contributed by atoms with E-state index in [2.05, 4.69) is 50.8 Å². The Hall–Kier alpha value is -2.16. The Balaban J connectivity index is 1.59. The Kier molecular flexibility index (Phi) is 11.1. The molecule has 2 N–H and O–H groups in total. The molecule has 2 aliphatic rings. The summed E-state index contributed by atoms with van der Waals surface area (Å²) in [6.07, 6.45) is 4.06. The fourth-order valence-corrected chi connectivity index (χ4v) is 5.39. The van der Waals surface area contributed by atoms with E-state index in [1.807, 2.05) is 0 Å². The van der Waals surface area contributed by atoms with Crippen LogP contribution in [-0.2, 0) is 20.8 Å². The van der Waals surface area contributed by atoms with Crippen molar-refractivity contribution in [2.45, 2.75) is 44.7 Å². The topological polar surface area (TPSA) is 83.1 Å². The number of ether oxygens (including phenoxy) is 2. The summed E-state index contributed by atoms with van der Waals surface area (Å²) < 4.78 is 10.1. The average molecular weight is 475 g/mol. The van der Waals surface area contributed by atoms with Gasteiger partial charge < -0.3 is 25.0 Å². The molecule has 3 rings (SSSR count). The molecule has 0 saturated carbocycles. The van der Waals surface area contributed by atoms with Gasteiger partial charge in [-0.2, -0.15) is 0 Å². The smallest absolute Gasteiger partial charge is 0.317 e. The standard InChI is InChI=1S/C26H42N4O4/c1-33-14-7-12-28-26(32)30-19-22-16-23(20-29(18-22)17-21-8-4-3-5-9-21)24(30)10-6-11-25(31)27-13-15-34-2/h3-5,8-9,22-24H,6-7,10-20H2,1-2H3,(H,27,31)(H,28,32)/t22-,23-,24-/m0/s1. The highest BCUT2D eigenvalue weighted by Gasteiger charge is 2.42. The monoisotopic (exact) mass is 474 g/mol. The highest BCUT2D eigenvalue weighted by molar-refractivity contribution is 5.76. The molecule has 2 bridgehead atoms. The number of rotatable bonds is 13. The van der Waals surface area contributed by atoms with E-state index in [1.54, 1.807) is 14.2 Å². The lowest BCUT2D eigenvalue weighted by Gasteiger charge is -2.51. The van der Waals surface area contributed by atoms with E-state index in [9.17, 15) is 9.59 Å². The number of carbonyl (C=O) groups is 2. The Morgan fingerprint density at radius 1 is 0.971 bits per heavy atom. The largest absolute Gasteiger partial charge is 0.385 e. The number of fused-ring (bicyclic) bond motifs is 2. The summed E-state index contributed by atoms with van der Waals surface area (Å²) in [7, 11) is 3.30. The van der Waals surface area contributed by atoms with Gasteiger partial charge in [0.2, 0.25) is 5.91 Å². The third kappa shape index (κ3) is 8.25. The zero-order valence-electron chi connectivity index (χ0n) is 20.8. The van der Waals surface area contributed by atoms with E-state index in [0.717, 1.165) is 51.9 Å². The number of nitrogens with zero attached hydrogens (tertiary/aromatic N) is 2. The maximum absolute atomic E-state index is 13.1. The molecule has 1 aromatic carbocycles. The van der Waals surface area contributed by atoms with Gasteiger partial charge in [0.1, 0.15) is 0 Å². The molecular formula is C26H42N4O4. The van der Waals surface area contributed by atoms with Gasteiger partial charge in [0.05, 0.1) is 6.61 Å². The first-order valence-electron chi connectivity index (χ1n) is 12.7. The molecule has 0 unspecified atom stereocenters. The molecular weight excluding hydrogens is 432 g/mol. The fraction of sp³-hybridized carbons (Fsp3) is 0.692. The molecule has 2 heterocycles. The van der Waals surface area contributed by atoms with Crippen molar-refractivity contribution in [2.24, 2.45) is 11.8 Å². The summed E-state index contributed by atoms with van der Waals surface area (Å²) in [5.74, 6) is 0.967. The summed E-state index contributed by atoms with van der Waals surface area (Å²) in [5, 5.41) is 5.99. The molecule has 8 heteroatoms. The quantitative estimate of drug-likeness (QED) is 0.429. The molecule has 2 fully saturated rings. The number of hydrogen-bond acceptors (Lipinski definition) is 5. The maximum Gasteiger partial charge on any atom is 0.317 e. The minimum atomic E-state index is 0.0249. The van der Waals surface area contributed by atoms with Gasteiger partial charge in [-0.25, -0.2) is 4.79 Å². The number of methoxy groups -OCH3 is 2. The van der Waals surface area contributed by atoms with Gasteiger partial charge >= 0.3 is 6.03 Å². The van der Waals surface area contributed by atoms with Crippen molar-refractivity contribution in [3.8, 4) is 0 Å². The lowest BCUT2D eigenvalue weighted by molar-refractivity contribution is -0.121. The van der Waals surface area contributed by atoms with Crippen LogP contribution in [0.4, 0.5) is 4.79 Å². The van der Waals surface area contributed by atoms with Crippen molar-refractivity contribution in [1.82, 2.24) is 20.4 Å². The number of likely N-dealkylation sites (tertiary alicyclic amines) is 2. The molecule has 0 radical (unpaired) electrons. The van der Waals surface area contributed by atoms with Crippen molar-refractivity contribution < 1.29 is 19.1 Å². The van der Waals surface area contributed by atoms with Crippen LogP contribution in [0.3, 0.4) is 0 Å². The first-order chi connectivity index (χ1) is 16.6. The molecule has 34 heavy (non-hydrogen) atoms. The zero-order valence-corrected chi connectivity index (χ0v) is 20.8. The molecule has 0 spiro atoms. The molecule has 0 aromatic heterocycles. The lowest BCUT2D eigenvalue weighted by atomic mass is 9.77. The summed E-state index contributed by atoms with van der Waals surface area (Å²) in [5.41, 5.74) is 1.33. The predicted molar refractivity (Wildman–Crippen MR) is 132 cm³/mol. The van der Waals surface area contributed by atoms with E-state index in [4.69, 9.17) is 9.47 Å². The third-order valence-corrected chi connectivity index (χ3v) is 6.89. The second kappa shape index (κ2) is 14.3. The second-order valence-corrected chi connectivity index (χ2v) is 9.57. The molecule has 1 aromatic rings. The van der Waals surface area contributed by atoms with Gasteiger partial charge in [-0.15, -0.1) is 0 Å². The SMILES string of the molecule is COCCCNC(=O)N1C[C@H]2C[C@@H](CN(Cc3ccccc3)C2)[C@@H]1CCCC(=O)NCCOC. The van der Waals surface area contributed by atoms with Gasteiger partial charge in [0.25, 0.3) is 0 Å². The average Bonchev–Trinajstić information content (AvgIpc) is 2.83. The van der Waals surface area contributed by atoms with Crippen LogP contribution in [-0.4, -0.2) is 87.9 Å². The molecule has 190 valence electrons. The third-order valence-electron chi connectivity index (χ3n) is 6.89. The van der Waals surface area contributed by atoms with Crippen LogP contribution in [0.1, 0.15) is 37.7 Å². The number of benzene rings is 1. The second-order valence-electron chi connectivity index (χ2n) is 9.57. The van der Waals surface area contributed by atoms with Crippen LogP contribution in [0.25, 0.3) is 0 Å². The summed E-state index contributed by atoms with van der Waals surface area (Å²) >= 11 is 0. The van der Waals surface area contributed by atoms with Crippen LogP contribution < -0.4 is 10.6 Å². The highest BCUT2D eigenvalue weighted by atomic mass is 16.5. The molecule has 8 nitrogen and oxygen atoms in total. The fourth-order valence-electron chi connectivity index (χ4n) is 5.39. The lowest BCUT2D eigenvalue weighted by Crippen LogP contribution is -2.60. The van der Waals surface area contributed by atoms with Crippen molar-refractivity contribution in [1.29, 1.82) is 0 Å². The highest BCUT2D eigenvalue weighted by Crippen LogP contribution is 2.36. The predicted octanol–water partition coefficient (Wildman–Crippen LogP) is 2.49. The molecule has 3 atom stereocenters. The molecule has 0 aliphatic carbocycles. The summed E-state index contributed by atoms with van der Waals surface area (Å²) in [6.45, 7) is 6.06. The number of nitrogens with one attached hydrogen (secondary N) is 2. The summed E-state index contributed by atoms with van der Waals surface area (Å²) in [4.78, 5) is 29.9. The van der Waals surface area contributed by atoms with Crippen molar-refractivity contribution in [3.05, 3.63) is 35.9 Å². The zero-order chi connectivity index (χ0) is 24.2. The first kappa shape index (κ1) is 26.4. The van der Waals surface area contributed by atoms with E-state index in [-0.39, 0.29) is 18.0 Å². The van der Waals surface area contributed by atoms with E-state index in [1.165, 1.54) is 5.56 Å². The molecule has 2 saturated heterocycles. The van der Waals surface area contributed by atoms with Gasteiger partial charge in [-0.3, -0.25) is 9.69 Å². The first-order valence-corrected chi connectivity index (χ1v) is 12.7.